The molecule has 4 amide bonds. The van der Waals surface area contributed by atoms with Crippen LogP contribution in [0.4, 0.5) is 15.3 Å². The number of fused-ring (bicyclic) bond motifs is 2. The van der Waals surface area contributed by atoms with Crippen LogP contribution in [-0.2, 0) is 54.1 Å². The number of hydrogen-bond acceptors (Lipinski definition) is 21. The number of anilines is 1. The summed E-state index contributed by atoms with van der Waals surface area (Å²) in [6.45, 7) is 28.7. The summed E-state index contributed by atoms with van der Waals surface area (Å²) in [5, 5.41) is 42.0. The fourth-order valence-electron chi connectivity index (χ4n) is 12.9. The van der Waals surface area contributed by atoms with Crippen LogP contribution in [0.5, 0.6) is 0 Å². The van der Waals surface area contributed by atoms with E-state index < -0.39 is 35.5 Å². The smallest absolute Gasteiger partial charge is 0.410 e. The number of carbonyl (C=O) groups is 5. The molecular formula is C76H114ClN15O13. The van der Waals surface area contributed by atoms with Crippen molar-refractivity contribution in [1.82, 2.24) is 54.4 Å². The number of benzene rings is 1. The lowest BCUT2D eigenvalue weighted by molar-refractivity contribution is -0.161. The highest BCUT2D eigenvalue weighted by Crippen LogP contribution is 2.28. The van der Waals surface area contributed by atoms with Gasteiger partial charge in [0.1, 0.15) is 40.8 Å². The Morgan fingerprint density at radius 2 is 1.05 bits per heavy atom. The van der Waals surface area contributed by atoms with E-state index in [9.17, 15) is 29.2 Å². The number of aliphatic carboxylic acids is 1. The third-order valence-corrected chi connectivity index (χ3v) is 18.7. The molecule has 1 aromatic carbocycles. The van der Waals surface area contributed by atoms with Gasteiger partial charge in [-0.25, -0.2) is 23.4 Å². The number of nitrogens with one attached hydrogen (secondary N) is 2. The Kier molecular flexibility index (Phi) is 32.9. The van der Waals surface area contributed by atoms with Crippen LogP contribution < -0.4 is 21.3 Å². The molecular weight excluding hydrogens is 1370 g/mol. The predicted molar refractivity (Wildman–Crippen MR) is 400 cm³/mol. The van der Waals surface area contributed by atoms with Gasteiger partial charge >= 0.3 is 18.2 Å². The number of pyridine rings is 2. The summed E-state index contributed by atoms with van der Waals surface area (Å²) in [5.41, 5.74) is 9.28. The van der Waals surface area contributed by atoms with Gasteiger partial charge in [-0.1, -0.05) is 41.9 Å². The third kappa shape index (κ3) is 28.2. The van der Waals surface area contributed by atoms with Gasteiger partial charge in [-0.2, -0.15) is 20.7 Å². The number of likely N-dealkylation sites (tertiary alicyclic amines) is 3. The number of rotatable bonds is 10. The molecule has 5 aromatic rings. The van der Waals surface area contributed by atoms with Gasteiger partial charge in [-0.15, -0.1) is 0 Å². The molecule has 0 bridgehead atoms. The van der Waals surface area contributed by atoms with Gasteiger partial charge in [0.2, 0.25) is 5.91 Å². The van der Waals surface area contributed by atoms with Gasteiger partial charge in [0, 0.05) is 24.7 Å². The fraction of sp³-hybridized carbons (Fsp3) is 0.645. The SMILES string of the molecule is CN1CCC(N)CC1.C[C@@H]1CCC[C@H](C(=O)NC2CCN(C)CC2)O1.C[C@@H]1CN(C(=O)OC(C)(C)C)C[C@H](C(=O)O)O1.C[C@@H]1CN(C(=O)OC(C)(C)C)C[C@H](COCc2ccccc2)O1.C[C@@H]1CN(c2ccc(C#N)n3nccc23)C[C@H](C(=O)NC2CCN(C)CC2)O1.N#Cc1ccc(Cl)c2ccnn12. The zero-order chi connectivity index (χ0) is 76.5. The van der Waals surface area contributed by atoms with Crippen molar-refractivity contribution < 1.29 is 62.2 Å². The largest absolute Gasteiger partial charge is 0.479 e. The van der Waals surface area contributed by atoms with Crippen molar-refractivity contribution in [2.45, 2.75) is 212 Å². The van der Waals surface area contributed by atoms with Crippen LogP contribution in [0.15, 0.2) is 79.1 Å². The molecule has 7 saturated heterocycles. The molecule has 12 rings (SSSR count). The molecule has 578 valence electrons. The van der Waals surface area contributed by atoms with E-state index >= 15 is 0 Å². The molecule has 0 spiro atoms. The monoisotopic (exact) mass is 1480 g/mol. The van der Waals surface area contributed by atoms with Gasteiger partial charge in [0.25, 0.3) is 5.91 Å². The summed E-state index contributed by atoms with van der Waals surface area (Å²) < 4.78 is 42.2. The number of halogens is 1. The normalized spacial score (nSPS) is 23.8. The molecule has 0 unspecified atom stereocenters. The molecule has 8 atom stereocenters. The average Bonchev–Trinajstić information content (AvgIpc) is 1.81. The second-order valence-corrected chi connectivity index (χ2v) is 30.7. The van der Waals surface area contributed by atoms with Crippen molar-refractivity contribution in [2.75, 3.05) is 111 Å². The predicted octanol–water partition coefficient (Wildman–Crippen LogP) is 8.39. The van der Waals surface area contributed by atoms with Gasteiger partial charge in [0.15, 0.2) is 12.2 Å². The van der Waals surface area contributed by atoms with Crippen LogP contribution in [-0.4, -0.2) is 263 Å². The Bertz CT molecular complexity index is 3620. The van der Waals surface area contributed by atoms with E-state index in [1.165, 1.54) is 35.3 Å². The molecule has 0 aliphatic carbocycles. The fourth-order valence-corrected chi connectivity index (χ4v) is 13.1. The number of nitrogens with two attached hydrogens (primary N) is 1. The van der Waals surface area contributed by atoms with Crippen molar-refractivity contribution >= 4 is 58.3 Å². The number of morpholine rings is 3. The van der Waals surface area contributed by atoms with E-state index in [4.69, 9.17) is 60.9 Å². The van der Waals surface area contributed by atoms with Crippen LogP contribution in [0.25, 0.3) is 11.0 Å². The third-order valence-electron chi connectivity index (χ3n) is 18.4. The highest BCUT2D eigenvalue weighted by molar-refractivity contribution is 6.33. The number of nitrogens with zero attached hydrogens (tertiary/aromatic N) is 12. The second-order valence-electron chi connectivity index (χ2n) is 30.3. The van der Waals surface area contributed by atoms with E-state index in [0.29, 0.717) is 74.4 Å². The molecule has 7 aliphatic heterocycles. The van der Waals surface area contributed by atoms with Crippen LogP contribution in [0.2, 0.25) is 5.02 Å². The number of ether oxygens (including phenoxy) is 7. The van der Waals surface area contributed by atoms with Crippen LogP contribution in [0.1, 0.15) is 144 Å². The van der Waals surface area contributed by atoms with Crippen molar-refractivity contribution in [1.29, 1.82) is 10.5 Å². The summed E-state index contributed by atoms with van der Waals surface area (Å²) >= 11 is 5.86. The number of carbonyl (C=O) groups excluding carboxylic acids is 4. The first-order valence-electron chi connectivity index (χ1n) is 36.8. The average molecular weight is 1480 g/mol. The first kappa shape index (κ1) is 84.5. The maximum Gasteiger partial charge on any atom is 0.410 e. The number of piperidine rings is 3. The summed E-state index contributed by atoms with van der Waals surface area (Å²) in [6.07, 6.45) is 9.99. The van der Waals surface area contributed by atoms with E-state index in [-0.39, 0.29) is 67.1 Å². The van der Waals surface area contributed by atoms with E-state index in [2.05, 4.69) is 74.6 Å². The molecule has 5 N–H and O–H groups in total. The Balaban J connectivity index is 0.000000182. The highest BCUT2D eigenvalue weighted by atomic mass is 35.5. The summed E-state index contributed by atoms with van der Waals surface area (Å²) in [5.74, 6) is -1.000. The summed E-state index contributed by atoms with van der Waals surface area (Å²) in [4.78, 5) is 71.9. The lowest BCUT2D eigenvalue weighted by Gasteiger charge is -2.38. The van der Waals surface area contributed by atoms with Crippen molar-refractivity contribution in [3.63, 3.8) is 0 Å². The minimum Gasteiger partial charge on any atom is -0.479 e. The van der Waals surface area contributed by atoms with Crippen molar-refractivity contribution in [3.05, 3.63) is 101 Å². The van der Waals surface area contributed by atoms with Crippen LogP contribution in [0.3, 0.4) is 0 Å². The molecule has 7 fully saturated rings. The number of carboxylic acids is 1. The molecule has 29 heteroatoms. The maximum absolute atomic E-state index is 12.8. The lowest BCUT2D eigenvalue weighted by atomic mass is 10.0. The van der Waals surface area contributed by atoms with Crippen molar-refractivity contribution in [3.8, 4) is 12.1 Å². The summed E-state index contributed by atoms with van der Waals surface area (Å²) in [6, 6.07) is 25.9. The Labute approximate surface area is 624 Å². The van der Waals surface area contributed by atoms with Crippen LogP contribution >= 0.6 is 11.6 Å². The van der Waals surface area contributed by atoms with Gasteiger partial charge in [0.05, 0.1) is 111 Å². The Morgan fingerprint density at radius 3 is 1.57 bits per heavy atom. The second kappa shape index (κ2) is 40.8. The quantitative estimate of drug-likeness (QED) is 0.102. The van der Waals surface area contributed by atoms with Crippen LogP contribution in [0, 0.1) is 22.7 Å². The Morgan fingerprint density at radius 1 is 0.571 bits per heavy atom. The molecule has 0 saturated carbocycles. The summed E-state index contributed by atoms with van der Waals surface area (Å²) in [7, 11) is 6.38. The number of hydrogen-bond donors (Lipinski definition) is 4. The van der Waals surface area contributed by atoms with Gasteiger partial charge < -0.3 is 84.0 Å². The topological polar surface area (TPSA) is 322 Å². The zero-order valence-electron chi connectivity index (χ0n) is 63.8. The van der Waals surface area contributed by atoms with E-state index in [0.717, 1.165) is 93.4 Å². The van der Waals surface area contributed by atoms with Crippen molar-refractivity contribution in [2.24, 2.45) is 5.73 Å². The number of amides is 4. The minimum absolute atomic E-state index is 0.0224. The molecule has 7 aliphatic rings. The molecule has 4 aromatic heterocycles. The molecule has 28 nitrogen and oxygen atoms in total. The lowest BCUT2D eigenvalue weighted by Crippen LogP contribution is -2.55. The zero-order valence-corrected chi connectivity index (χ0v) is 64.5. The molecule has 105 heavy (non-hydrogen) atoms. The number of aromatic nitrogens is 4. The van der Waals surface area contributed by atoms with Gasteiger partial charge in [-0.3, -0.25) is 9.59 Å². The van der Waals surface area contributed by atoms with E-state index in [1.807, 2.05) is 83.2 Å². The maximum atomic E-state index is 12.8. The highest BCUT2D eigenvalue weighted by Gasteiger charge is 2.37. The first-order valence-corrected chi connectivity index (χ1v) is 37.2. The number of carboxylic acid groups (broad SMARTS) is 1. The number of nitriles is 2. The Hall–Kier alpha value is -7.74. The van der Waals surface area contributed by atoms with E-state index in [1.54, 1.807) is 73.8 Å². The van der Waals surface area contributed by atoms with Gasteiger partial charge in [-0.05, 0) is 229 Å². The first-order chi connectivity index (χ1) is 49.8. The molecule has 11 heterocycles. The standard InChI is InChI=1S/C20H26N6O2.C18H27NO4.C13H24N2O2.C11H19NO5.C8H4ClN3.C6H14N2/c1-14-12-25(17-4-3-16(11-21)26-18(17)5-8-22-26)13-19(28-14)20(27)23-15-6-9-24(2)10-7-15;1-14-10-19(17(20)23-18(2,3)4)11-16(22-14)13-21-12-15-8-6-5-7-9-15;1-10-4-3-5-12(17-10)13(16)14-11-6-8-15(2)9-7-11;1-7-5-12(6-8(16-7)9(13)14)10(15)17-11(2,3)4;9-7-2-1-6(5-10)12-8(7)3-4-11-12;1-8-4-2-6(7)3-5-8/h3-5,8,14-15,19H,6-7,9-10,12-13H2,1-2H3,(H,23,27);5-9,14,16H,10-13H2,1-4H3;10-12H,3-9H2,1-2H3,(H,14,16);7-8H,5-6H2,1-4H3,(H,13,14);1-4H;6H,2-5,7H2,1H3/t14-,19-;14-,16-;10-,12-;7-,8-;;/m1111../s1. The minimum atomic E-state index is -1.06. The molecule has 0 radical (unpaired) electrons.